The Morgan fingerprint density at radius 1 is 1.22 bits per heavy atom. The summed E-state index contributed by atoms with van der Waals surface area (Å²) in [5.41, 5.74) is 2.52. The fourth-order valence-electron chi connectivity index (χ4n) is 3.35. The molecule has 0 aliphatic carbocycles. The van der Waals surface area contributed by atoms with Crippen molar-refractivity contribution in [2.75, 3.05) is 5.75 Å². The lowest BCUT2D eigenvalue weighted by molar-refractivity contribution is 0.323. The molecule has 4 heterocycles. The summed E-state index contributed by atoms with van der Waals surface area (Å²) in [7, 11) is 0. The number of thiophene rings is 1. The second-order valence-electron chi connectivity index (χ2n) is 5.93. The first-order valence-electron chi connectivity index (χ1n) is 7.74. The molecule has 0 bridgehead atoms. The van der Waals surface area contributed by atoms with E-state index in [-0.39, 0.29) is 0 Å². The quantitative estimate of drug-likeness (QED) is 0.656. The number of pyridine rings is 1. The average Bonchev–Trinajstić information content (AvgIpc) is 3.20. The summed E-state index contributed by atoms with van der Waals surface area (Å²) in [6.45, 7) is 1.00. The second-order valence-corrected chi connectivity index (χ2v) is 7.92. The molecule has 0 radical (unpaired) electrons. The van der Waals surface area contributed by atoms with Crippen LogP contribution >= 0.6 is 23.1 Å². The Morgan fingerprint density at radius 2 is 2.22 bits per heavy atom. The first kappa shape index (κ1) is 13.6. The van der Waals surface area contributed by atoms with Crippen molar-refractivity contribution >= 4 is 44.7 Å². The van der Waals surface area contributed by atoms with Gasteiger partial charge < -0.3 is 4.90 Å². The van der Waals surface area contributed by atoms with Gasteiger partial charge in [0, 0.05) is 52.8 Å². The van der Waals surface area contributed by atoms with Crippen LogP contribution in [-0.4, -0.2) is 26.8 Å². The van der Waals surface area contributed by atoms with Crippen molar-refractivity contribution in [3.05, 3.63) is 58.5 Å². The summed E-state index contributed by atoms with van der Waals surface area (Å²) in [5, 5.41) is 5.70. The SMILES string of the molecule is c1cc(N=C2SCC3Cc4sccc4CN23)c2ccncc2c1. The molecule has 3 nitrogen and oxygen atoms in total. The summed E-state index contributed by atoms with van der Waals surface area (Å²) in [6, 6.07) is 11.2. The molecule has 5 rings (SSSR count). The fraction of sp³-hybridized carbons (Fsp3) is 0.222. The highest BCUT2D eigenvalue weighted by atomic mass is 32.2. The first-order chi connectivity index (χ1) is 11.4. The molecular formula is C18H15N3S2. The molecule has 114 valence electrons. The lowest BCUT2D eigenvalue weighted by Crippen LogP contribution is -2.38. The van der Waals surface area contributed by atoms with Gasteiger partial charge in [-0.1, -0.05) is 23.9 Å². The molecule has 1 aromatic carbocycles. The molecule has 1 atom stereocenters. The largest absolute Gasteiger partial charge is 0.343 e. The average molecular weight is 337 g/mol. The van der Waals surface area contributed by atoms with E-state index in [1.165, 1.54) is 17.4 Å². The van der Waals surface area contributed by atoms with E-state index in [9.17, 15) is 0 Å². The Hall–Kier alpha value is -1.85. The molecule has 0 saturated carbocycles. The van der Waals surface area contributed by atoms with Gasteiger partial charge in [0.2, 0.25) is 0 Å². The number of hydrogen-bond donors (Lipinski definition) is 0. The number of rotatable bonds is 1. The molecule has 0 N–H and O–H groups in total. The van der Waals surface area contributed by atoms with Gasteiger partial charge in [0.1, 0.15) is 0 Å². The van der Waals surface area contributed by atoms with Crippen LogP contribution in [0.3, 0.4) is 0 Å². The molecule has 2 aromatic heterocycles. The van der Waals surface area contributed by atoms with Crippen molar-refractivity contribution in [3.63, 3.8) is 0 Å². The van der Waals surface area contributed by atoms with Crippen molar-refractivity contribution in [2.24, 2.45) is 4.99 Å². The zero-order valence-electron chi connectivity index (χ0n) is 12.5. The van der Waals surface area contributed by atoms with Crippen LogP contribution in [0.5, 0.6) is 0 Å². The maximum Gasteiger partial charge on any atom is 0.165 e. The number of thioether (sulfide) groups is 1. The highest BCUT2D eigenvalue weighted by molar-refractivity contribution is 8.14. The van der Waals surface area contributed by atoms with Crippen LogP contribution in [0.4, 0.5) is 5.69 Å². The third-order valence-corrected chi connectivity index (χ3v) is 6.69. The Morgan fingerprint density at radius 3 is 3.22 bits per heavy atom. The Kier molecular flexibility index (Phi) is 3.16. The Labute approximate surface area is 143 Å². The maximum absolute atomic E-state index is 5.01. The summed E-state index contributed by atoms with van der Waals surface area (Å²) in [5.74, 6) is 1.14. The van der Waals surface area contributed by atoms with Crippen LogP contribution < -0.4 is 0 Å². The van der Waals surface area contributed by atoms with Crippen molar-refractivity contribution in [1.82, 2.24) is 9.88 Å². The van der Waals surface area contributed by atoms with E-state index in [2.05, 4.69) is 45.6 Å². The number of nitrogens with zero attached hydrogens (tertiary/aromatic N) is 3. The predicted octanol–water partition coefficient (Wildman–Crippen LogP) is 4.46. The van der Waals surface area contributed by atoms with E-state index >= 15 is 0 Å². The molecule has 3 aromatic rings. The number of fused-ring (bicyclic) bond motifs is 3. The topological polar surface area (TPSA) is 28.5 Å². The van der Waals surface area contributed by atoms with Crippen molar-refractivity contribution in [3.8, 4) is 0 Å². The molecule has 1 unspecified atom stereocenters. The minimum Gasteiger partial charge on any atom is -0.343 e. The Balaban J connectivity index is 1.55. The second kappa shape index (κ2) is 5.35. The smallest absolute Gasteiger partial charge is 0.165 e. The van der Waals surface area contributed by atoms with Gasteiger partial charge in [-0.05, 0) is 29.1 Å². The number of hydrogen-bond acceptors (Lipinski definition) is 4. The summed E-state index contributed by atoms with van der Waals surface area (Å²) >= 11 is 3.79. The third-order valence-electron chi connectivity index (χ3n) is 4.56. The number of aromatic nitrogens is 1. The van der Waals surface area contributed by atoms with Crippen LogP contribution in [-0.2, 0) is 13.0 Å². The first-order valence-corrected chi connectivity index (χ1v) is 9.61. The predicted molar refractivity (Wildman–Crippen MR) is 98.7 cm³/mol. The lowest BCUT2D eigenvalue weighted by Gasteiger charge is -2.30. The minimum absolute atomic E-state index is 0.599. The van der Waals surface area contributed by atoms with E-state index in [0.717, 1.165) is 28.5 Å². The summed E-state index contributed by atoms with van der Waals surface area (Å²) in [4.78, 5) is 13.3. The normalized spacial score (nSPS) is 21.7. The van der Waals surface area contributed by atoms with Crippen molar-refractivity contribution < 1.29 is 0 Å². The maximum atomic E-state index is 5.01. The highest BCUT2D eigenvalue weighted by Gasteiger charge is 2.35. The van der Waals surface area contributed by atoms with Gasteiger partial charge in [0.15, 0.2) is 5.17 Å². The Bertz CT molecular complexity index is 910. The van der Waals surface area contributed by atoms with Gasteiger partial charge in [-0.3, -0.25) is 4.98 Å². The van der Waals surface area contributed by atoms with E-state index < -0.39 is 0 Å². The highest BCUT2D eigenvalue weighted by Crippen LogP contribution is 2.37. The van der Waals surface area contributed by atoms with Gasteiger partial charge in [0.05, 0.1) is 5.69 Å². The zero-order chi connectivity index (χ0) is 15.2. The standard InChI is InChI=1S/C18H15N3S2/c1-2-12-9-19-6-4-15(12)16(3-1)20-18-21-10-13-5-7-22-17(13)8-14(21)11-23-18/h1-7,9,14H,8,10-11H2. The molecule has 5 heteroatoms. The van der Waals surface area contributed by atoms with E-state index in [4.69, 9.17) is 4.99 Å². The van der Waals surface area contributed by atoms with Crippen LogP contribution in [0.25, 0.3) is 10.8 Å². The van der Waals surface area contributed by atoms with E-state index in [0.29, 0.717) is 6.04 Å². The minimum atomic E-state index is 0.599. The third kappa shape index (κ3) is 2.26. The molecule has 1 fully saturated rings. The van der Waals surface area contributed by atoms with Crippen molar-refractivity contribution in [1.29, 1.82) is 0 Å². The van der Waals surface area contributed by atoms with Gasteiger partial charge in [-0.15, -0.1) is 11.3 Å². The van der Waals surface area contributed by atoms with Gasteiger partial charge in [-0.2, -0.15) is 0 Å². The van der Waals surface area contributed by atoms with Gasteiger partial charge in [0.25, 0.3) is 0 Å². The van der Waals surface area contributed by atoms with Crippen molar-refractivity contribution in [2.45, 2.75) is 19.0 Å². The molecular weight excluding hydrogens is 322 g/mol. The summed E-state index contributed by atoms with van der Waals surface area (Å²) < 4.78 is 0. The molecule has 0 amide bonds. The molecule has 1 saturated heterocycles. The van der Waals surface area contributed by atoms with Gasteiger partial charge >= 0.3 is 0 Å². The molecule has 2 aliphatic rings. The van der Waals surface area contributed by atoms with E-state index in [1.807, 2.05) is 35.5 Å². The van der Waals surface area contributed by atoms with Crippen LogP contribution in [0, 0.1) is 0 Å². The van der Waals surface area contributed by atoms with Crippen LogP contribution in [0.2, 0.25) is 0 Å². The number of benzene rings is 1. The number of aliphatic imine (C=N–C) groups is 1. The van der Waals surface area contributed by atoms with Crippen LogP contribution in [0.1, 0.15) is 10.4 Å². The monoisotopic (exact) mass is 337 g/mol. The summed E-state index contributed by atoms with van der Waals surface area (Å²) in [6.07, 6.45) is 4.91. The van der Waals surface area contributed by atoms with E-state index in [1.54, 1.807) is 4.88 Å². The fourth-order valence-corrected chi connectivity index (χ4v) is 5.50. The molecule has 2 aliphatic heterocycles. The number of amidine groups is 1. The zero-order valence-corrected chi connectivity index (χ0v) is 14.1. The van der Waals surface area contributed by atoms with Crippen LogP contribution in [0.15, 0.2) is 53.1 Å². The van der Waals surface area contributed by atoms with Gasteiger partial charge in [-0.25, -0.2) is 4.99 Å². The molecule has 23 heavy (non-hydrogen) atoms. The lowest BCUT2D eigenvalue weighted by atomic mass is 10.0. The molecule has 0 spiro atoms.